The minimum Gasteiger partial charge on any atom is -0.491 e. The average Bonchev–Trinajstić information content (AvgIpc) is 2.41. The van der Waals surface area contributed by atoms with E-state index in [2.05, 4.69) is 12.2 Å². The Morgan fingerprint density at radius 3 is 2.43 bits per heavy atom. The highest BCUT2D eigenvalue weighted by molar-refractivity contribution is 7.90. The maximum atomic E-state index is 11.1. The lowest BCUT2D eigenvalue weighted by Gasteiger charge is -2.17. The van der Waals surface area contributed by atoms with Gasteiger partial charge in [-0.1, -0.05) is 19.1 Å². The first-order valence-electron chi connectivity index (χ1n) is 7.11. The molecule has 0 fully saturated rings. The zero-order valence-electron chi connectivity index (χ0n) is 12.9. The monoisotopic (exact) mass is 315 g/mol. The van der Waals surface area contributed by atoms with Gasteiger partial charge in [0.05, 0.1) is 5.75 Å². The highest BCUT2D eigenvalue weighted by Gasteiger charge is 2.12. The van der Waals surface area contributed by atoms with Crippen LogP contribution in [0.15, 0.2) is 24.3 Å². The van der Waals surface area contributed by atoms with E-state index in [1.54, 1.807) is 6.92 Å². The third-order valence-corrected chi connectivity index (χ3v) is 4.13. The van der Waals surface area contributed by atoms with Gasteiger partial charge in [0.25, 0.3) is 0 Å². The number of nitrogens with one attached hydrogen (secondary N) is 1. The molecule has 0 aliphatic carbocycles. The van der Waals surface area contributed by atoms with Gasteiger partial charge in [0.2, 0.25) is 0 Å². The fourth-order valence-corrected chi connectivity index (χ4v) is 2.95. The van der Waals surface area contributed by atoms with Crippen LogP contribution in [-0.4, -0.2) is 50.8 Å². The van der Waals surface area contributed by atoms with Crippen molar-refractivity contribution in [2.75, 3.05) is 25.2 Å². The maximum absolute atomic E-state index is 11.1. The van der Waals surface area contributed by atoms with Crippen LogP contribution in [0.2, 0.25) is 0 Å². The highest BCUT2D eigenvalue weighted by atomic mass is 32.2. The quantitative estimate of drug-likeness (QED) is 0.711. The van der Waals surface area contributed by atoms with E-state index in [1.165, 1.54) is 11.8 Å². The number of aliphatic hydroxyl groups excluding tert-OH is 1. The van der Waals surface area contributed by atoms with Crippen molar-refractivity contribution in [3.63, 3.8) is 0 Å². The van der Waals surface area contributed by atoms with Crippen LogP contribution < -0.4 is 10.1 Å². The minimum absolute atomic E-state index is 0.0546. The maximum Gasteiger partial charge on any atom is 0.148 e. The first-order chi connectivity index (χ1) is 9.80. The van der Waals surface area contributed by atoms with Gasteiger partial charge in [-0.15, -0.1) is 0 Å². The van der Waals surface area contributed by atoms with Gasteiger partial charge in [-0.3, -0.25) is 0 Å². The number of benzene rings is 1. The third-order valence-electron chi connectivity index (χ3n) is 3.03. The molecular weight excluding hydrogens is 290 g/mol. The van der Waals surface area contributed by atoms with Crippen LogP contribution in [0.1, 0.15) is 19.4 Å². The van der Waals surface area contributed by atoms with Crippen molar-refractivity contribution in [1.82, 2.24) is 5.32 Å². The lowest BCUT2D eigenvalue weighted by atomic mass is 10.2. The molecule has 1 aromatic rings. The lowest BCUT2D eigenvalue weighted by Crippen LogP contribution is -2.39. The largest absolute Gasteiger partial charge is 0.491 e. The summed E-state index contributed by atoms with van der Waals surface area (Å²) in [5.41, 5.74) is 1.24. The molecule has 120 valence electrons. The zero-order valence-corrected chi connectivity index (χ0v) is 13.7. The van der Waals surface area contributed by atoms with Crippen LogP contribution in [-0.2, 0) is 16.3 Å². The van der Waals surface area contributed by atoms with E-state index in [0.717, 1.165) is 12.2 Å². The van der Waals surface area contributed by atoms with Crippen molar-refractivity contribution in [3.8, 4) is 5.75 Å². The SMILES string of the molecule is CCc1ccc(OCC(O)CNC(C)CS(C)(=O)=O)cc1. The Balaban J connectivity index is 2.28. The van der Waals surface area contributed by atoms with Gasteiger partial charge in [-0.05, 0) is 31.0 Å². The molecule has 0 heterocycles. The number of hydrogen-bond acceptors (Lipinski definition) is 5. The summed E-state index contributed by atoms with van der Waals surface area (Å²) in [6.45, 7) is 4.33. The lowest BCUT2D eigenvalue weighted by molar-refractivity contribution is 0.105. The van der Waals surface area contributed by atoms with E-state index >= 15 is 0 Å². The van der Waals surface area contributed by atoms with Crippen molar-refractivity contribution >= 4 is 9.84 Å². The highest BCUT2D eigenvalue weighted by Crippen LogP contribution is 2.12. The number of sulfone groups is 1. The molecule has 0 aromatic heterocycles. The van der Waals surface area contributed by atoms with Gasteiger partial charge in [0, 0.05) is 18.8 Å². The summed E-state index contributed by atoms with van der Waals surface area (Å²) in [6.07, 6.45) is 1.49. The van der Waals surface area contributed by atoms with Gasteiger partial charge in [0.15, 0.2) is 0 Å². The van der Waals surface area contributed by atoms with Crippen LogP contribution in [0.3, 0.4) is 0 Å². The molecule has 2 atom stereocenters. The predicted molar refractivity (Wildman–Crippen MR) is 84.5 cm³/mol. The molecule has 0 saturated carbocycles. The van der Waals surface area contributed by atoms with Crippen molar-refractivity contribution in [2.24, 2.45) is 0 Å². The van der Waals surface area contributed by atoms with E-state index in [-0.39, 0.29) is 18.4 Å². The first kappa shape index (κ1) is 17.9. The van der Waals surface area contributed by atoms with E-state index < -0.39 is 15.9 Å². The first-order valence-corrected chi connectivity index (χ1v) is 9.17. The van der Waals surface area contributed by atoms with Crippen molar-refractivity contribution in [2.45, 2.75) is 32.4 Å². The summed E-state index contributed by atoms with van der Waals surface area (Å²) >= 11 is 0. The van der Waals surface area contributed by atoms with Gasteiger partial charge < -0.3 is 15.2 Å². The van der Waals surface area contributed by atoms with Crippen molar-refractivity contribution in [1.29, 1.82) is 0 Å². The molecular formula is C15H25NO4S. The molecule has 6 heteroatoms. The van der Waals surface area contributed by atoms with Gasteiger partial charge in [-0.25, -0.2) is 8.42 Å². The standard InChI is InChI=1S/C15H25NO4S/c1-4-13-5-7-15(8-6-13)20-10-14(17)9-16-12(2)11-21(3,18)19/h5-8,12,14,16-17H,4,9-11H2,1-3H3. The molecule has 0 aliphatic heterocycles. The molecule has 1 rings (SSSR count). The van der Waals surface area contributed by atoms with E-state index in [0.29, 0.717) is 6.54 Å². The second-order valence-corrected chi connectivity index (χ2v) is 7.55. The summed E-state index contributed by atoms with van der Waals surface area (Å²) in [4.78, 5) is 0. The molecule has 1 aromatic carbocycles. The van der Waals surface area contributed by atoms with E-state index in [9.17, 15) is 13.5 Å². The summed E-state index contributed by atoms with van der Waals surface area (Å²) in [6, 6.07) is 7.55. The molecule has 0 bridgehead atoms. The van der Waals surface area contributed by atoms with Gasteiger partial charge >= 0.3 is 0 Å². The number of aryl methyl sites for hydroxylation is 1. The smallest absolute Gasteiger partial charge is 0.148 e. The van der Waals surface area contributed by atoms with E-state index in [1.807, 2.05) is 24.3 Å². The van der Waals surface area contributed by atoms with Crippen LogP contribution in [0.5, 0.6) is 5.75 Å². The number of aliphatic hydroxyl groups is 1. The predicted octanol–water partition coefficient (Wildman–Crippen LogP) is 1.01. The fourth-order valence-electron chi connectivity index (χ4n) is 1.92. The van der Waals surface area contributed by atoms with Crippen LogP contribution >= 0.6 is 0 Å². The molecule has 0 amide bonds. The molecule has 0 aliphatic rings. The van der Waals surface area contributed by atoms with Crippen LogP contribution in [0, 0.1) is 0 Å². The average molecular weight is 315 g/mol. The molecule has 2 unspecified atom stereocenters. The van der Waals surface area contributed by atoms with Crippen LogP contribution in [0.25, 0.3) is 0 Å². The Morgan fingerprint density at radius 2 is 1.90 bits per heavy atom. The molecule has 5 nitrogen and oxygen atoms in total. The number of hydrogen-bond donors (Lipinski definition) is 2. The molecule has 0 radical (unpaired) electrons. The summed E-state index contributed by atoms with van der Waals surface area (Å²) in [5, 5.41) is 12.8. The second kappa shape index (κ2) is 8.36. The molecule has 0 spiro atoms. The van der Waals surface area contributed by atoms with E-state index in [4.69, 9.17) is 4.74 Å². The Morgan fingerprint density at radius 1 is 1.29 bits per heavy atom. The topological polar surface area (TPSA) is 75.6 Å². The Hall–Kier alpha value is -1.11. The molecule has 0 saturated heterocycles. The van der Waals surface area contributed by atoms with Gasteiger partial charge in [-0.2, -0.15) is 0 Å². The van der Waals surface area contributed by atoms with Crippen LogP contribution in [0.4, 0.5) is 0 Å². The fraction of sp³-hybridized carbons (Fsp3) is 0.600. The van der Waals surface area contributed by atoms with Gasteiger partial charge in [0.1, 0.15) is 28.3 Å². The Bertz CT molecular complexity index is 513. The normalized spacial score (nSPS) is 14.7. The number of rotatable bonds is 9. The minimum atomic E-state index is -3.01. The number of ether oxygens (including phenoxy) is 1. The molecule has 21 heavy (non-hydrogen) atoms. The second-order valence-electron chi connectivity index (χ2n) is 5.36. The third kappa shape index (κ3) is 8.04. The Labute approximate surface area is 127 Å². The Kier molecular flexibility index (Phi) is 7.14. The summed E-state index contributed by atoms with van der Waals surface area (Å²) < 4.78 is 27.7. The summed E-state index contributed by atoms with van der Waals surface area (Å²) in [7, 11) is -3.01. The van der Waals surface area contributed by atoms with Crippen molar-refractivity contribution in [3.05, 3.63) is 29.8 Å². The van der Waals surface area contributed by atoms with Crippen molar-refractivity contribution < 1.29 is 18.3 Å². The zero-order chi connectivity index (χ0) is 15.9. The summed E-state index contributed by atoms with van der Waals surface area (Å²) in [5.74, 6) is 0.773. The molecule has 2 N–H and O–H groups in total.